The molecule has 2 N–H and O–H groups in total. The number of halogens is 4. The molecular weight excluding hydrogens is 705 g/mol. The van der Waals surface area contributed by atoms with Gasteiger partial charge >= 0.3 is 12.1 Å². The molecule has 0 aliphatic heterocycles. The highest BCUT2D eigenvalue weighted by atomic mass is 35.5. The van der Waals surface area contributed by atoms with Crippen LogP contribution in [0, 0.1) is 0 Å². The predicted octanol–water partition coefficient (Wildman–Crippen LogP) is 6.78. The first-order valence-corrected chi connectivity index (χ1v) is 15.8. The molecule has 0 radical (unpaired) electrons. The molecule has 6 aromatic rings. The quantitative estimate of drug-likeness (QED) is 0.137. The molecule has 12 nitrogen and oxygen atoms in total. The molecule has 0 saturated carbocycles. The number of carbonyl (C=O) groups excluding carboxylic acids is 1. The van der Waals surface area contributed by atoms with E-state index in [-0.39, 0.29) is 24.4 Å². The first-order chi connectivity index (χ1) is 24.8. The standard InChI is InChI=1S/C18H15ClF3N3O2.C18H17N3O4/c1-17(26,9-25-11-23-10-24-25)15-7-6-14(8-16(15)18(20,21)22)27-13-4-2-12(19)3-5-13;1-24-17(22)18(23,11-21-13-19-12-20-21)14-7-9-16(10-8-14)25-15-5-3-2-4-6-15/h2-8,10-11,26H,9H2,1H3;2-10,12-13,23H,11H2,1H3. The van der Waals surface area contributed by atoms with Gasteiger partial charge in [-0.15, -0.1) is 0 Å². The molecule has 0 saturated heterocycles. The van der Waals surface area contributed by atoms with Gasteiger partial charge in [-0.05, 0) is 78.7 Å². The Morgan fingerprint density at radius 1 is 0.731 bits per heavy atom. The number of aromatic nitrogens is 6. The topological polar surface area (TPSA) is 147 Å². The molecule has 0 bridgehead atoms. The van der Waals surface area contributed by atoms with Gasteiger partial charge in [0, 0.05) is 5.02 Å². The van der Waals surface area contributed by atoms with E-state index in [1.165, 1.54) is 60.8 Å². The second-order valence-corrected chi connectivity index (χ2v) is 11.9. The zero-order valence-corrected chi connectivity index (χ0v) is 28.4. The second kappa shape index (κ2) is 16.1. The van der Waals surface area contributed by atoms with Gasteiger partial charge in [-0.3, -0.25) is 0 Å². The van der Waals surface area contributed by atoms with E-state index in [9.17, 15) is 28.2 Å². The number of aliphatic hydroxyl groups is 2. The maximum atomic E-state index is 13.6. The fourth-order valence-electron chi connectivity index (χ4n) is 5.06. The maximum Gasteiger partial charge on any atom is 0.416 e. The Morgan fingerprint density at radius 3 is 1.79 bits per heavy atom. The summed E-state index contributed by atoms with van der Waals surface area (Å²) in [5, 5.41) is 29.8. The van der Waals surface area contributed by atoms with Crippen molar-refractivity contribution in [1.29, 1.82) is 0 Å². The normalized spacial score (nSPS) is 13.5. The number of hydrogen-bond acceptors (Lipinski definition) is 10. The Balaban J connectivity index is 0.000000202. The van der Waals surface area contributed by atoms with Gasteiger partial charge in [0.05, 0.1) is 25.8 Å². The molecular formula is C36H32ClF3N6O6. The van der Waals surface area contributed by atoms with Crippen molar-refractivity contribution in [2.75, 3.05) is 7.11 Å². The maximum absolute atomic E-state index is 13.6. The van der Waals surface area contributed by atoms with Crippen LogP contribution in [0.4, 0.5) is 13.2 Å². The average Bonchev–Trinajstić information content (AvgIpc) is 3.84. The Labute approximate surface area is 300 Å². The number of rotatable bonds is 11. The average molecular weight is 737 g/mol. The molecule has 2 atom stereocenters. The summed E-state index contributed by atoms with van der Waals surface area (Å²) in [6.45, 7) is 0.991. The van der Waals surface area contributed by atoms with Crippen LogP contribution in [0.1, 0.15) is 23.6 Å². The lowest BCUT2D eigenvalue weighted by Crippen LogP contribution is -2.41. The van der Waals surface area contributed by atoms with Gasteiger partial charge in [0.25, 0.3) is 0 Å². The summed E-state index contributed by atoms with van der Waals surface area (Å²) in [6, 6.07) is 25.6. The fourth-order valence-corrected chi connectivity index (χ4v) is 5.19. The van der Waals surface area contributed by atoms with Crippen LogP contribution in [-0.4, -0.2) is 52.8 Å². The largest absolute Gasteiger partial charge is 0.467 e. The number of para-hydroxylation sites is 1. The Kier molecular flexibility index (Phi) is 11.6. The number of esters is 1. The van der Waals surface area contributed by atoms with Gasteiger partial charge in [0.1, 0.15) is 53.9 Å². The zero-order chi connectivity index (χ0) is 37.4. The third kappa shape index (κ3) is 9.51. The van der Waals surface area contributed by atoms with Crippen molar-refractivity contribution in [1.82, 2.24) is 29.5 Å². The number of methoxy groups -OCH3 is 1. The highest BCUT2D eigenvalue weighted by Crippen LogP contribution is 2.40. The fraction of sp³-hybridized carbons (Fsp3) is 0.194. The molecule has 0 amide bonds. The van der Waals surface area contributed by atoms with Crippen LogP contribution in [0.5, 0.6) is 23.0 Å². The molecule has 4 aromatic carbocycles. The van der Waals surface area contributed by atoms with E-state index in [1.54, 1.807) is 48.5 Å². The minimum absolute atomic E-state index is 0.00930. The van der Waals surface area contributed by atoms with Crippen molar-refractivity contribution < 1.29 is 42.4 Å². The van der Waals surface area contributed by atoms with Gasteiger partial charge in [0.15, 0.2) is 0 Å². The van der Waals surface area contributed by atoms with Crippen molar-refractivity contribution in [3.05, 3.63) is 144 Å². The van der Waals surface area contributed by atoms with Crippen molar-refractivity contribution in [3.8, 4) is 23.0 Å². The Hall–Kier alpha value is -5.77. The molecule has 0 aliphatic carbocycles. The molecule has 270 valence electrons. The number of hydrogen-bond donors (Lipinski definition) is 2. The highest BCUT2D eigenvalue weighted by Gasteiger charge is 2.41. The van der Waals surface area contributed by atoms with E-state index in [4.69, 9.17) is 25.8 Å². The summed E-state index contributed by atoms with van der Waals surface area (Å²) in [5.74, 6) is 0.836. The summed E-state index contributed by atoms with van der Waals surface area (Å²) < 4.78 is 59.4. The van der Waals surface area contributed by atoms with Crippen molar-refractivity contribution in [3.63, 3.8) is 0 Å². The summed E-state index contributed by atoms with van der Waals surface area (Å²) in [6.07, 6.45) is 0.625. The van der Waals surface area contributed by atoms with Crippen LogP contribution in [0.25, 0.3) is 0 Å². The third-order valence-electron chi connectivity index (χ3n) is 7.55. The van der Waals surface area contributed by atoms with Crippen LogP contribution in [0.3, 0.4) is 0 Å². The molecule has 0 fully saturated rings. The lowest BCUT2D eigenvalue weighted by Gasteiger charge is -2.27. The Morgan fingerprint density at radius 2 is 1.25 bits per heavy atom. The molecule has 0 aliphatic rings. The molecule has 0 spiro atoms. The van der Waals surface area contributed by atoms with Gasteiger partial charge in [-0.2, -0.15) is 23.4 Å². The van der Waals surface area contributed by atoms with Gasteiger partial charge in [-0.25, -0.2) is 24.1 Å². The molecule has 52 heavy (non-hydrogen) atoms. The van der Waals surface area contributed by atoms with E-state index in [1.807, 2.05) is 30.3 Å². The minimum Gasteiger partial charge on any atom is -0.467 e. The summed E-state index contributed by atoms with van der Waals surface area (Å²) in [4.78, 5) is 19.7. The predicted molar refractivity (Wildman–Crippen MR) is 181 cm³/mol. The second-order valence-electron chi connectivity index (χ2n) is 11.5. The third-order valence-corrected chi connectivity index (χ3v) is 7.81. The molecule has 16 heteroatoms. The smallest absolute Gasteiger partial charge is 0.416 e. The lowest BCUT2D eigenvalue weighted by molar-refractivity contribution is -0.165. The lowest BCUT2D eigenvalue weighted by atomic mass is 9.90. The molecule has 2 unspecified atom stereocenters. The highest BCUT2D eigenvalue weighted by molar-refractivity contribution is 6.30. The minimum atomic E-state index is -4.68. The van der Waals surface area contributed by atoms with Crippen LogP contribution < -0.4 is 9.47 Å². The van der Waals surface area contributed by atoms with Crippen molar-refractivity contribution in [2.45, 2.75) is 37.4 Å². The zero-order valence-electron chi connectivity index (χ0n) is 27.7. The first-order valence-electron chi connectivity index (χ1n) is 15.4. The van der Waals surface area contributed by atoms with E-state index >= 15 is 0 Å². The van der Waals surface area contributed by atoms with Crippen molar-refractivity contribution >= 4 is 17.6 Å². The number of nitrogens with zero attached hydrogens (tertiary/aromatic N) is 6. The van der Waals surface area contributed by atoms with Crippen molar-refractivity contribution in [2.24, 2.45) is 0 Å². The Bertz CT molecular complexity index is 2030. The van der Waals surface area contributed by atoms with E-state index < -0.39 is 28.9 Å². The first kappa shape index (κ1) is 37.5. The SMILES string of the molecule is CC(O)(Cn1cncn1)c1ccc(Oc2ccc(Cl)cc2)cc1C(F)(F)F.COC(=O)C(O)(Cn1cncn1)c1ccc(Oc2ccccc2)cc1. The monoisotopic (exact) mass is 736 g/mol. The van der Waals surface area contributed by atoms with Crippen LogP contribution in [0.2, 0.25) is 5.02 Å². The molecule has 2 aromatic heterocycles. The van der Waals surface area contributed by atoms with Gasteiger partial charge in [0.2, 0.25) is 5.60 Å². The van der Waals surface area contributed by atoms with Crippen LogP contribution in [0.15, 0.2) is 122 Å². The van der Waals surface area contributed by atoms with E-state index in [0.717, 1.165) is 6.07 Å². The molecule has 6 rings (SSSR count). The number of benzene rings is 4. The number of carbonyl (C=O) groups is 1. The van der Waals surface area contributed by atoms with E-state index in [0.29, 0.717) is 27.8 Å². The van der Waals surface area contributed by atoms with Crippen LogP contribution >= 0.6 is 11.6 Å². The summed E-state index contributed by atoms with van der Waals surface area (Å²) in [5.41, 5.74) is -4.60. The van der Waals surface area contributed by atoms with Gasteiger partial charge < -0.3 is 24.4 Å². The van der Waals surface area contributed by atoms with E-state index in [2.05, 4.69) is 20.2 Å². The summed E-state index contributed by atoms with van der Waals surface area (Å²) in [7, 11) is 1.22. The van der Waals surface area contributed by atoms with Crippen LogP contribution in [-0.2, 0) is 40.0 Å². The van der Waals surface area contributed by atoms with Gasteiger partial charge in [-0.1, -0.05) is 48.0 Å². The molecule has 2 heterocycles. The number of ether oxygens (including phenoxy) is 3. The number of alkyl halides is 3. The summed E-state index contributed by atoms with van der Waals surface area (Å²) >= 11 is 5.79.